The minimum Gasteiger partial charge on any atom is -0.486 e. The fraction of sp³-hybridized carbons (Fsp3) is 0.280. The summed E-state index contributed by atoms with van der Waals surface area (Å²) in [6.45, 7) is 2.29. The molecule has 1 amide bonds. The Morgan fingerprint density at radius 1 is 1.00 bits per heavy atom. The Bertz CT molecular complexity index is 1380. The average molecular weight is 475 g/mol. The Hall–Kier alpha value is -4.21. The predicted molar refractivity (Wildman–Crippen MR) is 126 cm³/mol. The molecule has 2 aliphatic heterocycles. The topological polar surface area (TPSA) is 103 Å². The van der Waals surface area contributed by atoms with Crippen molar-refractivity contribution in [2.45, 2.75) is 12.8 Å². The Morgan fingerprint density at radius 2 is 1.77 bits per heavy atom. The van der Waals surface area contributed by atoms with Crippen LogP contribution in [-0.2, 0) is 4.79 Å². The average Bonchev–Trinajstić information content (AvgIpc) is 3.34. The summed E-state index contributed by atoms with van der Waals surface area (Å²) in [5.74, 6) is 1.55. The molecule has 9 nitrogen and oxygen atoms in total. The van der Waals surface area contributed by atoms with Gasteiger partial charge in [0.15, 0.2) is 11.5 Å². The molecule has 6 rings (SSSR count). The molecule has 1 N–H and O–H groups in total. The molecule has 0 spiro atoms. The van der Waals surface area contributed by atoms with Crippen molar-refractivity contribution in [2.24, 2.45) is 5.92 Å². The minimum atomic E-state index is -0.324. The molecule has 0 unspecified atom stereocenters. The number of aromatic nitrogens is 3. The van der Waals surface area contributed by atoms with E-state index in [4.69, 9.17) is 14.0 Å². The van der Waals surface area contributed by atoms with Gasteiger partial charge in [0.2, 0.25) is 5.91 Å². The molecule has 4 heterocycles. The number of carbonyl (C=O) groups is 1. The number of fused-ring (bicyclic) bond motifs is 2. The lowest BCUT2D eigenvalue weighted by Crippen LogP contribution is -2.38. The summed E-state index contributed by atoms with van der Waals surface area (Å²) < 4.78 is 30.0. The van der Waals surface area contributed by atoms with E-state index in [0.29, 0.717) is 78.9 Å². The summed E-state index contributed by atoms with van der Waals surface area (Å²) in [5, 5.41) is 7.84. The molecule has 0 radical (unpaired) electrons. The Balaban J connectivity index is 1.17. The van der Waals surface area contributed by atoms with Crippen LogP contribution in [0.15, 0.2) is 53.3 Å². The number of anilines is 2. The number of halogens is 1. The Labute approximate surface area is 199 Å². The molecule has 178 valence electrons. The summed E-state index contributed by atoms with van der Waals surface area (Å²) in [4.78, 5) is 23.7. The molecular formula is C25H22FN5O4. The van der Waals surface area contributed by atoms with Crippen LogP contribution in [0.1, 0.15) is 12.8 Å². The van der Waals surface area contributed by atoms with E-state index in [1.807, 2.05) is 12.1 Å². The van der Waals surface area contributed by atoms with E-state index in [0.717, 1.165) is 5.56 Å². The number of carbonyl (C=O) groups excluding carboxylic acids is 1. The molecule has 0 atom stereocenters. The number of piperidine rings is 1. The number of rotatable bonds is 4. The van der Waals surface area contributed by atoms with Crippen LogP contribution in [0.5, 0.6) is 11.5 Å². The van der Waals surface area contributed by atoms with Gasteiger partial charge in [0.25, 0.3) is 5.71 Å². The number of nitrogens with one attached hydrogen (secondary N) is 1. The van der Waals surface area contributed by atoms with Crippen LogP contribution in [0.2, 0.25) is 0 Å². The molecule has 2 aromatic carbocycles. The highest BCUT2D eigenvalue weighted by molar-refractivity contribution is 5.98. The summed E-state index contributed by atoms with van der Waals surface area (Å²) in [6.07, 6.45) is 2.77. The maximum atomic E-state index is 13.4. The monoisotopic (exact) mass is 475 g/mol. The van der Waals surface area contributed by atoms with E-state index in [-0.39, 0.29) is 17.6 Å². The van der Waals surface area contributed by atoms with Crippen molar-refractivity contribution in [2.75, 3.05) is 36.5 Å². The third kappa shape index (κ3) is 4.11. The summed E-state index contributed by atoms with van der Waals surface area (Å²) >= 11 is 0. The summed E-state index contributed by atoms with van der Waals surface area (Å²) in [7, 11) is 0. The van der Waals surface area contributed by atoms with Gasteiger partial charge in [0, 0.05) is 36.3 Å². The molecule has 0 bridgehead atoms. The molecule has 1 fully saturated rings. The van der Waals surface area contributed by atoms with Gasteiger partial charge in [-0.3, -0.25) is 4.79 Å². The van der Waals surface area contributed by atoms with Crippen LogP contribution in [-0.4, -0.2) is 47.3 Å². The second-order valence-corrected chi connectivity index (χ2v) is 8.52. The Kier molecular flexibility index (Phi) is 5.40. The van der Waals surface area contributed by atoms with Gasteiger partial charge < -0.3 is 24.2 Å². The largest absolute Gasteiger partial charge is 0.486 e. The highest BCUT2D eigenvalue weighted by Gasteiger charge is 2.28. The molecule has 1 saturated heterocycles. The fourth-order valence-electron chi connectivity index (χ4n) is 4.54. The first-order valence-corrected chi connectivity index (χ1v) is 11.5. The highest BCUT2D eigenvalue weighted by Crippen LogP contribution is 2.36. The molecule has 10 heteroatoms. The fourth-order valence-corrected chi connectivity index (χ4v) is 4.54. The maximum Gasteiger partial charge on any atom is 0.263 e. The van der Waals surface area contributed by atoms with Crippen LogP contribution >= 0.6 is 0 Å². The zero-order valence-corrected chi connectivity index (χ0v) is 18.7. The van der Waals surface area contributed by atoms with Crippen molar-refractivity contribution in [1.29, 1.82) is 0 Å². The van der Waals surface area contributed by atoms with Crippen LogP contribution in [0.4, 0.5) is 15.9 Å². The van der Waals surface area contributed by atoms with E-state index in [1.54, 1.807) is 18.2 Å². The lowest BCUT2D eigenvalue weighted by atomic mass is 9.95. The molecule has 0 saturated carbocycles. The van der Waals surface area contributed by atoms with Gasteiger partial charge in [-0.1, -0.05) is 5.16 Å². The Morgan fingerprint density at radius 3 is 2.57 bits per heavy atom. The molecule has 0 aliphatic carbocycles. The van der Waals surface area contributed by atoms with E-state index in [2.05, 4.69) is 25.3 Å². The predicted octanol–water partition coefficient (Wildman–Crippen LogP) is 4.05. The smallest absolute Gasteiger partial charge is 0.263 e. The number of ether oxygens (including phenoxy) is 2. The molecule has 35 heavy (non-hydrogen) atoms. The molecular weight excluding hydrogens is 453 g/mol. The van der Waals surface area contributed by atoms with Crippen molar-refractivity contribution in [3.05, 3.63) is 54.6 Å². The molecule has 2 aliphatic rings. The number of amides is 1. The van der Waals surface area contributed by atoms with E-state index in [1.165, 1.54) is 18.5 Å². The van der Waals surface area contributed by atoms with Crippen molar-refractivity contribution in [3.8, 4) is 22.8 Å². The quantitative estimate of drug-likeness (QED) is 0.472. The standard InChI is InChI=1S/C25H22FN5O4/c26-17-3-1-15(2-4-17)22-21-23(27-14-28-25(21)35-30-22)31-9-7-16(8-10-31)24(32)29-18-5-6-19-20(13-18)34-12-11-33-19/h1-6,13-14,16H,7-12H2,(H,29,32). The lowest BCUT2D eigenvalue weighted by molar-refractivity contribution is -0.120. The second kappa shape index (κ2) is 8.86. The van der Waals surface area contributed by atoms with Gasteiger partial charge in [0.05, 0.1) is 0 Å². The first kappa shape index (κ1) is 21.3. The van der Waals surface area contributed by atoms with Gasteiger partial charge in [-0.05, 0) is 49.2 Å². The number of nitrogens with zero attached hydrogens (tertiary/aromatic N) is 4. The van der Waals surface area contributed by atoms with Crippen LogP contribution < -0.4 is 19.7 Å². The minimum absolute atomic E-state index is 0.0221. The molecule has 4 aromatic rings. The lowest BCUT2D eigenvalue weighted by Gasteiger charge is -2.32. The number of hydrogen-bond donors (Lipinski definition) is 1. The maximum absolute atomic E-state index is 13.4. The number of hydrogen-bond acceptors (Lipinski definition) is 8. The first-order valence-electron chi connectivity index (χ1n) is 11.5. The van der Waals surface area contributed by atoms with Crippen molar-refractivity contribution in [3.63, 3.8) is 0 Å². The van der Waals surface area contributed by atoms with E-state index >= 15 is 0 Å². The molecule has 2 aromatic heterocycles. The zero-order valence-electron chi connectivity index (χ0n) is 18.7. The third-order valence-electron chi connectivity index (χ3n) is 6.35. The second-order valence-electron chi connectivity index (χ2n) is 8.52. The van der Waals surface area contributed by atoms with E-state index in [9.17, 15) is 9.18 Å². The highest BCUT2D eigenvalue weighted by atomic mass is 19.1. The van der Waals surface area contributed by atoms with Gasteiger partial charge in [-0.15, -0.1) is 0 Å². The van der Waals surface area contributed by atoms with Crippen LogP contribution in [0.25, 0.3) is 22.4 Å². The van der Waals surface area contributed by atoms with E-state index < -0.39 is 0 Å². The van der Waals surface area contributed by atoms with Crippen LogP contribution in [0, 0.1) is 11.7 Å². The van der Waals surface area contributed by atoms with Gasteiger partial charge in [0.1, 0.15) is 42.3 Å². The zero-order chi connectivity index (χ0) is 23.8. The first-order chi connectivity index (χ1) is 17.2. The van der Waals surface area contributed by atoms with Crippen molar-refractivity contribution in [1.82, 2.24) is 15.1 Å². The van der Waals surface area contributed by atoms with Gasteiger partial charge in [-0.25, -0.2) is 9.37 Å². The summed E-state index contributed by atoms with van der Waals surface area (Å²) in [5.41, 5.74) is 2.34. The number of benzene rings is 2. The normalized spacial score (nSPS) is 15.9. The van der Waals surface area contributed by atoms with Crippen molar-refractivity contribution < 1.29 is 23.2 Å². The SMILES string of the molecule is O=C(Nc1ccc2c(c1)OCCO2)C1CCN(c2ncnc3onc(-c4ccc(F)cc4)c23)CC1. The van der Waals surface area contributed by atoms with Gasteiger partial charge in [-0.2, -0.15) is 4.98 Å². The van der Waals surface area contributed by atoms with Crippen LogP contribution in [0.3, 0.4) is 0 Å². The van der Waals surface area contributed by atoms with Crippen molar-refractivity contribution >= 4 is 28.5 Å². The summed E-state index contributed by atoms with van der Waals surface area (Å²) in [6, 6.07) is 11.5. The van der Waals surface area contributed by atoms with Gasteiger partial charge >= 0.3 is 0 Å². The third-order valence-corrected chi connectivity index (χ3v) is 6.35.